The lowest BCUT2D eigenvalue weighted by Gasteiger charge is -2.23. The Kier molecular flexibility index (Phi) is 4.45. The van der Waals surface area contributed by atoms with Crippen LogP contribution in [0.15, 0.2) is 24.3 Å². The van der Waals surface area contributed by atoms with Crippen molar-refractivity contribution in [1.29, 1.82) is 5.26 Å². The molecule has 0 aromatic heterocycles. The Labute approximate surface area is 96.1 Å². The van der Waals surface area contributed by atoms with Crippen LogP contribution >= 0.6 is 0 Å². The maximum absolute atomic E-state index is 13.0. The lowest BCUT2D eigenvalue weighted by molar-refractivity contribution is 0.444. The molecule has 1 N–H and O–H groups in total. The second-order valence-corrected chi connectivity index (χ2v) is 4.18. The number of nitriles is 1. The van der Waals surface area contributed by atoms with Gasteiger partial charge in [0.1, 0.15) is 11.4 Å². The normalized spacial score (nSPS) is 14.1. The molecule has 0 radical (unpaired) electrons. The summed E-state index contributed by atoms with van der Waals surface area (Å²) < 4.78 is 13.0. The smallest absolute Gasteiger partial charge is 0.123 e. The van der Waals surface area contributed by atoms with E-state index in [1.165, 1.54) is 12.1 Å². The minimum Gasteiger partial charge on any atom is -0.299 e. The maximum atomic E-state index is 13.0. The first-order chi connectivity index (χ1) is 7.59. The average Bonchev–Trinajstić information content (AvgIpc) is 2.26. The second-order valence-electron chi connectivity index (χ2n) is 4.18. The van der Waals surface area contributed by atoms with Gasteiger partial charge in [-0.1, -0.05) is 19.1 Å². The summed E-state index contributed by atoms with van der Waals surface area (Å²) in [7, 11) is 0. The molecule has 1 aromatic carbocycles. The summed E-state index contributed by atoms with van der Waals surface area (Å²) in [5, 5.41) is 12.3. The number of nitrogens with one attached hydrogen (secondary N) is 1. The quantitative estimate of drug-likeness (QED) is 0.828. The fraction of sp³-hybridized carbons (Fsp3) is 0.462. The van der Waals surface area contributed by atoms with Crippen LogP contribution in [0.5, 0.6) is 0 Å². The van der Waals surface area contributed by atoms with Gasteiger partial charge >= 0.3 is 0 Å². The lowest BCUT2D eigenvalue weighted by Crippen LogP contribution is -2.43. The summed E-state index contributed by atoms with van der Waals surface area (Å²) >= 11 is 0. The first-order valence-electron chi connectivity index (χ1n) is 5.50. The van der Waals surface area contributed by atoms with Crippen molar-refractivity contribution in [3.63, 3.8) is 0 Å². The summed E-state index contributed by atoms with van der Waals surface area (Å²) in [6.07, 6.45) is 1.49. The van der Waals surface area contributed by atoms with E-state index in [9.17, 15) is 4.39 Å². The molecule has 1 aromatic rings. The van der Waals surface area contributed by atoms with Gasteiger partial charge in [-0.3, -0.25) is 5.32 Å². The predicted octanol–water partition coefficient (Wildman–Crippen LogP) is 2.65. The first kappa shape index (κ1) is 12.7. The highest BCUT2D eigenvalue weighted by molar-refractivity contribution is 5.22. The topological polar surface area (TPSA) is 35.8 Å². The van der Waals surface area contributed by atoms with E-state index < -0.39 is 5.54 Å². The fourth-order valence-corrected chi connectivity index (χ4v) is 1.60. The molecule has 1 unspecified atom stereocenters. The third kappa shape index (κ3) is 3.63. The monoisotopic (exact) mass is 220 g/mol. The van der Waals surface area contributed by atoms with Gasteiger partial charge in [0.25, 0.3) is 0 Å². The molecule has 3 heteroatoms. The van der Waals surface area contributed by atoms with Crippen molar-refractivity contribution in [1.82, 2.24) is 5.32 Å². The van der Waals surface area contributed by atoms with Crippen LogP contribution in [0.25, 0.3) is 0 Å². The largest absolute Gasteiger partial charge is 0.299 e. The zero-order valence-electron chi connectivity index (χ0n) is 9.76. The van der Waals surface area contributed by atoms with E-state index in [1.807, 2.05) is 19.9 Å². The van der Waals surface area contributed by atoms with Gasteiger partial charge in [-0.05, 0) is 37.6 Å². The van der Waals surface area contributed by atoms with Crippen molar-refractivity contribution in [3.05, 3.63) is 35.6 Å². The van der Waals surface area contributed by atoms with Gasteiger partial charge in [0.2, 0.25) is 0 Å². The van der Waals surface area contributed by atoms with Crippen molar-refractivity contribution in [2.45, 2.75) is 32.2 Å². The van der Waals surface area contributed by atoms with Gasteiger partial charge in [0, 0.05) is 6.42 Å². The molecule has 0 fully saturated rings. The van der Waals surface area contributed by atoms with Crippen LogP contribution in [-0.4, -0.2) is 12.1 Å². The van der Waals surface area contributed by atoms with Crippen LogP contribution in [0, 0.1) is 17.1 Å². The van der Waals surface area contributed by atoms with Crippen LogP contribution < -0.4 is 5.32 Å². The molecule has 86 valence electrons. The molecule has 0 aliphatic rings. The average molecular weight is 220 g/mol. The Morgan fingerprint density at radius 1 is 1.50 bits per heavy atom. The number of nitrogens with zero attached hydrogens (tertiary/aromatic N) is 1. The number of halogens is 1. The molecule has 1 atom stereocenters. The summed E-state index contributed by atoms with van der Waals surface area (Å²) in [4.78, 5) is 0. The molecule has 0 aliphatic heterocycles. The van der Waals surface area contributed by atoms with Crippen molar-refractivity contribution < 1.29 is 4.39 Å². The molecule has 0 aliphatic carbocycles. The summed E-state index contributed by atoms with van der Waals surface area (Å²) in [6.45, 7) is 4.68. The van der Waals surface area contributed by atoms with E-state index >= 15 is 0 Å². The van der Waals surface area contributed by atoms with Crippen LogP contribution in [0.3, 0.4) is 0 Å². The Hall–Kier alpha value is -1.40. The molecule has 2 nitrogen and oxygen atoms in total. The van der Waals surface area contributed by atoms with E-state index in [0.29, 0.717) is 6.42 Å². The predicted molar refractivity (Wildman–Crippen MR) is 62.4 cm³/mol. The van der Waals surface area contributed by atoms with E-state index in [4.69, 9.17) is 5.26 Å². The fourth-order valence-electron chi connectivity index (χ4n) is 1.60. The molecular weight excluding hydrogens is 203 g/mol. The van der Waals surface area contributed by atoms with Crippen molar-refractivity contribution in [2.24, 2.45) is 0 Å². The number of hydrogen-bond donors (Lipinski definition) is 1. The molecule has 0 heterocycles. The van der Waals surface area contributed by atoms with Crippen LogP contribution in [0.1, 0.15) is 25.8 Å². The van der Waals surface area contributed by atoms with Crippen molar-refractivity contribution >= 4 is 0 Å². The maximum Gasteiger partial charge on any atom is 0.123 e. The standard InChI is InChI=1S/C13H17FN2/c1-3-7-16-13(2,10-15)9-11-5-4-6-12(14)8-11/h4-6,8,16H,3,7,9H2,1-2H3. The van der Waals surface area contributed by atoms with E-state index in [1.54, 1.807) is 6.07 Å². The molecule has 0 spiro atoms. The highest BCUT2D eigenvalue weighted by Crippen LogP contribution is 2.13. The summed E-state index contributed by atoms with van der Waals surface area (Å²) in [6, 6.07) is 8.64. The zero-order chi connectivity index (χ0) is 12.0. The molecule has 0 amide bonds. The number of benzene rings is 1. The highest BCUT2D eigenvalue weighted by atomic mass is 19.1. The van der Waals surface area contributed by atoms with E-state index in [-0.39, 0.29) is 5.82 Å². The lowest BCUT2D eigenvalue weighted by atomic mass is 9.94. The summed E-state index contributed by atoms with van der Waals surface area (Å²) in [5.41, 5.74) is 0.219. The van der Waals surface area contributed by atoms with Gasteiger partial charge in [0.05, 0.1) is 6.07 Å². The van der Waals surface area contributed by atoms with Gasteiger partial charge in [-0.15, -0.1) is 0 Å². The molecular formula is C13H17FN2. The molecule has 16 heavy (non-hydrogen) atoms. The van der Waals surface area contributed by atoms with Gasteiger partial charge < -0.3 is 0 Å². The van der Waals surface area contributed by atoms with Gasteiger partial charge in [-0.25, -0.2) is 4.39 Å². The van der Waals surface area contributed by atoms with Crippen LogP contribution in [0.2, 0.25) is 0 Å². The Morgan fingerprint density at radius 3 is 2.81 bits per heavy atom. The Morgan fingerprint density at radius 2 is 2.25 bits per heavy atom. The van der Waals surface area contributed by atoms with Crippen LogP contribution in [0.4, 0.5) is 4.39 Å². The second kappa shape index (κ2) is 5.62. The molecule has 1 rings (SSSR count). The molecule has 0 saturated carbocycles. The zero-order valence-corrected chi connectivity index (χ0v) is 9.76. The molecule has 0 bridgehead atoms. The van der Waals surface area contributed by atoms with E-state index in [0.717, 1.165) is 18.5 Å². The van der Waals surface area contributed by atoms with Crippen LogP contribution in [-0.2, 0) is 6.42 Å². The van der Waals surface area contributed by atoms with Crippen molar-refractivity contribution in [2.75, 3.05) is 6.54 Å². The Balaban J connectivity index is 2.73. The van der Waals surface area contributed by atoms with Gasteiger partial charge in [0.15, 0.2) is 0 Å². The number of hydrogen-bond acceptors (Lipinski definition) is 2. The number of rotatable bonds is 5. The SMILES string of the molecule is CCCNC(C)(C#N)Cc1cccc(F)c1. The third-order valence-electron chi connectivity index (χ3n) is 2.46. The summed E-state index contributed by atoms with van der Waals surface area (Å²) in [5.74, 6) is -0.256. The Bertz CT molecular complexity index is 384. The third-order valence-corrected chi connectivity index (χ3v) is 2.46. The van der Waals surface area contributed by atoms with Gasteiger partial charge in [-0.2, -0.15) is 5.26 Å². The van der Waals surface area contributed by atoms with E-state index in [2.05, 4.69) is 11.4 Å². The minimum atomic E-state index is -0.621. The molecule has 0 saturated heterocycles. The highest BCUT2D eigenvalue weighted by Gasteiger charge is 2.23. The van der Waals surface area contributed by atoms with Crippen molar-refractivity contribution in [3.8, 4) is 6.07 Å². The first-order valence-corrected chi connectivity index (χ1v) is 5.50. The minimum absolute atomic E-state index is 0.256.